The molecular weight excluding hydrogens is 156 g/mol. The minimum Gasteiger partial charge on any atom is -0.431 e. The second-order valence-corrected chi connectivity index (χ2v) is 3.30. The Bertz CT molecular complexity index is 156. The molecule has 2 unspecified atom stereocenters. The SMILES string of the molecule is CCCCC1CC(C)OC(=O)O1. The monoisotopic (exact) mass is 172 g/mol. The van der Waals surface area contributed by atoms with Gasteiger partial charge in [-0.1, -0.05) is 19.8 Å². The van der Waals surface area contributed by atoms with Crippen LogP contribution in [0, 0.1) is 0 Å². The van der Waals surface area contributed by atoms with Gasteiger partial charge in [0.05, 0.1) is 0 Å². The zero-order chi connectivity index (χ0) is 8.97. The smallest absolute Gasteiger partial charge is 0.431 e. The van der Waals surface area contributed by atoms with Crippen molar-refractivity contribution in [1.82, 2.24) is 0 Å². The van der Waals surface area contributed by atoms with Gasteiger partial charge in [0, 0.05) is 6.42 Å². The lowest BCUT2D eigenvalue weighted by molar-refractivity contribution is -0.0563. The Morgan fingerprint density at radius 1 is 1.50 bits per heavy atom. The Morgan fingerprint density at radius 3 is 2.83 bits per heavy atom. The molecule has 1 saturated heterocycles. The van der Waals surface area contributed by atoms with E-state index in [4.69, 9.17) is 9.47 Å². The molecule has 0 aromatic carbocycles. The number of rotatable bonds is 3. The molecular formula is C9H16O3. The van der Waals surface area contributed by atoms with Crippen molar-refractivity contribution < 1.29 is 14.3 Å². The Morgan fingerprint density at radius 2 is 2.25 bits per heavy atom. The normalized spacial score (nSPS) is 29.3. The first-order valence-electron chi connectivity index (χ1n) is 4.59. The first-order valence-corrected chi connectivity index (χ1v) is 4.59. The number of carbonyl (C=O) groups excluding carboxylic acids is 1. The lowest BCUT2D eigenvalue weighted by atomic mass is 10.1. The lowest BCUT2D eigenvalue weighted by Crippen LogP contribution is -2.32. The zero-order valence-corrected chi connectivity index (χ0v) is 7.71. The van der Waals surface area contributed by atoms with E-state index in [1.165, 1.54) is 0 Å². The van der Waals surface area contributed by atoms with E-state index < -0.39 is 6.16 Å². The Labute approximate surface area is 73.0 Å². The summed E-state index contributed by atoms with van der Waals surface area (Å²) in [6.45, 7) is 4.03. The summed E-state index contributed by atoms with van der Waals surface area (Å²) in [5.74, 6) is 0. The van der Waals surface area contributed by atoms with Gasteiger partial charge in [0.15, 0.2) is 0 Å². The van der Waals surface area contributed by atoms with Crippen molar-refractivity contribution >= 4 is 6.16 Å². The maximum atomic E-state index is 10.8. The molecule has 0 spiro atoms. The number of hydrogen-bond donors (Lipinski definition) is 0. The topological polar surface area (TPSA) is 35.5 Å². The summed E-state index contributed by atoms with van der Waals surface area (Å²) in [6, 6.07) is 0. The molecule has 1 heterocycles. The quantitative estimate of drug-likeness (QED) is 0.613. The van der Waals surface area contributed by atoms with Crippen LogP contribution in [-0.2, 0) is 9.47 Å². The van der Waals surface area contributed by atoms with Crippen LogP contribution in [0.2, 0.25) is 0 Å². The van der Waals surface area contributed by atoms with Gasteiger partial charge in [0.2, 0.25) is 0 Å². The molecule has 70 valence electrons. The van der Waals surface area contributed by atoms with Gasteiger partial charge in [0.1, 0.15) is 12.2 Å². The van der Waals surface area contributed by atoms with Crippen LogP contribution in [0.1, 0.15) is 39.5 Å². The number of carbonyl (C=O) groups is 1. The number of cyclic esters (lactones) is 2. The number of unbranched alkanes of at least 4 members (excludes halogenated alkanes) is 1. The van der Waals surface area contributed by atoms with Crippen LogP contribution in [0.25, 0.3) is 0 Å². The third-order valence-electron chi connectivity index (χ3n) is 2.03. The molecule has 0 aliphatic carbocycles. The minimum absolute atomic E-state index is 0.0214. The average molecular weight is 172 g/mol. The lowest BCUT2D eigenvalue weighted by Gasteiger charge is -2.26. The summed E-state index contributed by atoms with van der Waals surface area (Å²) >= 11 is 0. The molecule has 3 heteroatoms. The molecule has 1 rings (SSSR count). The first-order chi connectivity index (χ1) is 5.72. The van der Waals surface area contributed by atoms with E-state index in [9.17, 15) is 4.79 Å². The van der Waals surface area contributed by atoms with Crippen molar-refractivity contribution in [2.24, 2.45) is 0 Å². The molecule has 1 fully saturated rings. The van der Waals surface area contributed by atoms with Gasteiger partial charge in [-0.15, -0.1) is 0 Å². The second-order valence-electron chi connectivity index (χ2n) is 3.30. The maximum Gasteiger partial charge on any atom is 0.508 e. The van der Waals surface area contributed by atoms with Gasteiger partial charge in [-0.05, 0) is 13.3 Å². The summed E-state index contributed by atoms with van der Waals surface area (Å²) in [6.07, 6.45) is 3.67. The van der Waals surface area contributed by atoms with E-state index in [1.807, 2.05) is 6.92 Å². The van der Waals surface area contributed by atoms with Crippen molar-refractivity contribution in [3.05, 3.63) is 0 Å². The van der Waals surface area contributed by atoms with Crippen molar-refractivity contribution in [2.75, 3.05) is 0 Å². The van der Waals surface area contributed by atoms with Crippen LogP contribution in [0.5, 0.6) is 0 Å². The van der Waals surface area contributed by atoms with E-state index in [1.54, 1.807) is 0 Å². The summed E-state index contributed by atoms with van der Waals surface area (Å²) in [4.78, 5) is 10.8. The van der Waals surface area contributed by atoms with E-state index in [0.29, 0.717) is 0 Å². The van der Waals surface area contributed by atoms with Crippen LogP contribution in [0.15, 0.2) is 0 Å². The van der Waals surface area contributed by atoms with Crippen molar-refractivity contribution in [2.45, 2.75) is 51.7 Å². The predicted molar refractivity (Wildman–Crippen MR) is 45.0 cm³/mol. The highest BCUT2D eigenvalue weighted by molar-refractivity contribution is 5.61. The summed E-state index contributed by atoms with van der Waals surface area (Å²) in [5, 5.41) is 0. The van der Waals surface area contributed by atoms with Crippen molar-refractivity contribution in [1.29, 1.82) is 0 Å². The van der Waals surface area contributed by atoms with E-state index in [2.05, 4.69) is 6.92 Å². The van der Waals surface area contributed by atoms with Gasteiger partial charge in [-0.25, -0.2) is 4.79 Å². The summed E-state index contributed by atoms with van der Waals surface area (Å²) in [7, 11) is 0. The average Bonchev–Trinajstić information content (AvgIpc) is 1.99. The Hall–Kier alpha value is -0.730. The van der Waals surface area contributed by atoms with Gasteiger partial charge < -0.3 is 9.47 Å². The molecule has 0 aromatic heterocycles. The molecule has 0 N–H and O–H groups in total. The van der Waals surface area contributed by atoms with Crippen LogP contribution in [0.3, 0.4) is 0 Å². The highest BCUT2D eigenvalue weighted by Crippen LogP contribution is 2.18. The Balaban J connectivity index is 2.29. The number of ether oxygens (including phenoxy) is 2. The van der Waals surface area contributed by atoms with Crippen LogP contribution < -0.4 is 0 Å². The molecule has 3 nitrogen and oxygen atoms in total. The van der Waals surface area contributed by atoms with Crippen molar-refractivity contribution in [3.8, 4) is 0 Å². The van der Waals surface area contributed by atoms with Gasteiger partial charge in [0.25, 0.3) is 0 Å². The highest BCUT2D eigenvalue weighted by Gasteiger charge is 2.26. The van der Waals surface area contributed by atoms with Gasteiger partial charge >= 0.3 is 6.16 Å². The Kier molecular flexibility index (Phi) is 3.38. The largest absolute Gasteiger partial charge is 0.508 e. The predicted octanol–water partition coefficient (Wildman–Crippen LogP) is 2.49. The van der Waals surface area contributed by atoms with Crippen LogP contribution in [-0.4, -0.2) is 18.4 Å². The first kappa shape index (κ1) is 9.36. The minimum atomic E-state index is -0.505. The van der Waals surface area contributed by atoms with Crippen molar-refractivity contribution in [3.63, 3.8) is 0 Å². The molecule has 0 amide bonds. The molecule has 0 radical (unpaired) electrons. The molecule has 2 atom stereocenters. The van der Waals surface area contributed by atoms with E-state index in [-0.39, 0.29) is 12.2 Å². The summed E-state index contributed by atoms with van der Waals surface area (Å²) < 4.78 is 9.83. The molecule has 0 bridgehead atoms. The van der Waals surface area contributed by atoms with Crippen LogP contribution in [0.4, 0.5) is 4.79 Å². The summed E-state index contributed by atoms with van der Waals surface area (Å²) in [5.41, 5.74) is 0. The third kappa shape index (κ3) is 2.72. The third-order valence-corrected chi connectivity index (χ3v) is 2.03. The highest BCUT2D eigenvalue weighted by atomic mass is 16.7. The van der Waals surface area contributed by atoms with Gasteiger partial charge in [-0.3, -0.25) is 0 Å². The molecule has 12 heavy (non-hydrogen) atoms. The van der Waals surface area contributed by atoms with E-state index >= 15 is 0 Å². The number of hydrogen-bond acceptors (Lipinski definition) is 3. The van der Waals surface area contributed by atoms with Crippen LogP contribution >= 0.6 is 0 Å². The fraction of sp³-hybridized carbons (Fsp3) is 0.889. The fourth-order valence-electron chi connectivity index (χ4n) is 1.40. The molecule has 1 aliphatic rings. The van der Waals surface area contributed by atoms with Gasteiger partial charge in [-0.2, -0.15) is 0 Å². The second kappa shape index (κ2) is 4.33. The van der Waals surface area contributed by atoms with E-state index in [0.717, 1.165) is 25.7 Å². The molecule has 1 aliphatic heterocycles. The molecule has 0 saturated carbocycles. The zero-order valence-electron chi connectivity index (χ0n) is 7.71. The maximum absolute atomic E-state index is 10.8. The molecule has 0 aromatic rings. The fourth-order valence-corrected chi connectivity index (χ4v) is 1.40. The standard InChI is InChI=1S/C9H16O3/c1-3-4-5-8-6-7(2)11-9(10)12-8/h7-8H,3-6H2,1-2H3.